The molecule has 49 heavy (non-hydrogen) atoms. The van der Waals surface area contributed by atoms with E-state index in [2.05, 4.69) is 33.8 Å². The largest absolute Gasteiger partial charge is 0.481 e. The number of allylic oxidation sites excluding steroid dienone is 2. The van der Waals surface area contributed by atoms with Gasteiger partial charge in [0.25, 0.3) is 0 Å². The molecule has 0 aromatic rings. The number of carboxylic acids is 2. The summed E-state index contributed by atoms with van der Waals surface area (Å²) in [6.45, 7) is 9.36. The van der Waals surface area contributed by atoms with Gasteiger partial charge in [-0.1, -0.05) is 39.3 Å². The van der Waals surface area contributed by atoms with Gasteiger partial charge in [-0.25, -0.2) is 4.79 Å². The smallest absolute Gasteiger partial charge is 0.333 e. The number of carboxylic acid groups (broad SMARTS) is 2. The molecule has 2 saturated heterocycles. The monoisotopic (exact) mass is 690 g/mol. The predicted octanol–water partition coefficient (Wildman–Crippen LogP) is 4.50. The molecule has 276 valence electrons. The summed E-state index contributed by atoms with van der Waals surface area (Å²) in [5.41, 5.74) is 1.11. The van der Waals surface area contributed by atoms with Gasteiger partial charge in [0.15, 0.2) is 18.7 Å². The van der Waals surface area contributed by atoms with Crippen molar-refractivity contribution in [2.75, 3.05) is 6.61 Å². The Balaban J connectivity index is 1.05. The highest BCUT2D eigenvalue weighted by atomic mass is 16.7. The highest BCUT2D eigenvalue weighted by molar-refractivity contribution is 5.76. The maximum Gasteiger partial charge on any atom is 0.333 e. The fourth-order valence-electron chi connectivity index (χ4n) is 12.4. The van der Waals surface area contributed by atoms with E-state index in [0.717, 1.165) is 64.2 Å². The minimum Gasteiger partial charge on any atom is -0.481 e. The second-order valence-corrected chi connectivity index (χ2v) is 17.6. The molecule has 2 heterocycles. The van der Waals surface area contributed by atoms with E-state index in [1.165, 1.54) is 5.57 Å². The quantitative estimate of drug-likeness (QED) is 0.196. The van der Waals surface area contributed by atoms with Crippen LogP contribution in [0.5, 0.6) is 0 Å². The van der Waals surface area contributed by atoms with Crippen molar-refractivity contribution in [1.82, 2.24) is 0 Å². The summed E-state index contributed by atoms with van der Waals surface area (Å²) in [5, 5.41) is 50.7. The molecule has 4 saturated carbocycles. The predicted molar refractivity (Wildman–Crippen MR) is 176 cm³/mol. The number of hydrogen-bond donors (Lipinski definition) is 5. The number of fused-ring (bicyclic) bond motifs is 7. The molecule has 17 atom stereocenters. The molecule has 3 unspecified atom stereocenters. The molecule has 0 aromatic carbocycles. The first kappa shape index (κ1) is 35.8. The Hall–Kier alpha value is -1.60. The average molecular weight is 691 g/mol. The lowest BCUT2D eigenvalue weighted by Crippen LogP contribution is -2.60. The molecule has 6 fully saturated rings. The van der Waals surface area contributed by atoms with Gasteiger partial charge in [0, 0.05) is 12.8 Å². The van der Waals surface area contributed by atoms with E-state index in [4.69, 9.17) is 18.9 Å². The van der Waals surface area contributed by atoms with Crippen LogP contribution in [0.25, 0.3) is 0 Å². The van der Waals surface area contributed by atoms with Crippen molar-refractivity contribution >= 4 is 11.9 Å². The topological polar surface area (TPSA) is 172 Å². The number of hydrogen-bond acceptors (Lipinski definition) is 9. The zero-order valence-electron chi connectivity index (χ0n) is 29.5. The SMILES string of the molecule is C[C@H]1CC[C@]2(C(=O)O)CCC3C(=CCC4[C@@]3(C)CCC3[C@@H](C)[C@@H](O[C@H]5C[C@@H](O[C@@H]6OC[C@@H](O)[C@H](O)[C@H]6O)C[C@@H](C(=O)O)O5)CC[C@@]34C)[C@@H]2C1. The third-order valence-corrected chi connectivity index (χ3v) is 15.1. The number of ether oxygens (including phenoxy) is 4. The molecule has 11 heteroatoms. The first-order valence-electron chi connectivity index (χ1n) is 19.0. The van der Waals surface area contributed by atoms with Crippen LogP contribution < -0.4 is 0 Å². The Kier molecular flexibility index (Phi) is 9.58. The van der Waals surface area contributed by atoms with Crippen LogP contribution in [0.4, 0.5) is 0 Å². The van der Waals surface area contributed by atoms with Gasteiger partial charge in [0.1, 0.15) is 18.3 Å². The van der Waals surface area contributed by atoms with E-state index < -0.39 is 60.5 Å². The molecule has 7 rings (SSSR count). The normalized spacial score (nSPS) is 52.8. The Morgan fingerprint density at radius 3 is 2.33 bits per heavy atom. The Bertz CT molecular complexity index is 1300. The summed E-state index contributed by atoms with van der Waals surface area (Å²) < 4.78 is 24.0. The zero-order valence-corrected chi connectivity index (χ0v) is 29.5. The third-order valence-electron chi connectivity index (χ3n) is 15.1. The second-order valence-electron chi connectivity index (χ2n) is 17.6. The van der Waals surface area contributed by atoms with Crippen LogP contribution in [0.3, 0.4) is 0 Å². The molecule has 0 aromatic heterocycles. The molecule has 7 aliphatic rings. The number of aliphatic hydroxyl groups excluding tert-OH is 3. The summed E-state index contributed by atoms with van der Waals surface area (Å²) in [4.78, 5) is 24.8. The molecule has 0 spiro atoms. The number of aliphatic hydroxyl groups is 3. The van der Waals surface area contributed by atoms with Gasteiger partial charge in [-0.05, 0) is 111 Å². The van der Waals surface area contributed by atoms with Crippen LogP contribution in [0.1, 0.15) is 105 Å². The molecule has 5 N–H and O–H groups in total. The van der Waals surface area contributed by atoms with Gasteiger partial charge in [0.05, 0.1) is 24.2 Å². The maximum atomic E-state index is 12.8. The van der Waals surface area contributed by atoms with E-state index in [1.807, 2.05) is 0 Å². The zero-order chi connectivity index (χ0) is 35.0. The number of rotatable bonds is 6. The minimum absolute atomic E-state index is 0.0473. The third kappa shape index (κ3) is 5.91. The van der Waals surface area contributed by atoms with E-state index in [1.54, 1.807) is 0 Å². The average Bonchev–Trinajstić information content (AvgIpc) is 3.06. The highest BCUT2D eigenvalue weighted by Crippen LogP contribution is 2.70. The van der Waals surface area contributed by atoms with Crippen molar-refractivity contribution in [3.05, 3.63) is 11.6 Å². The maximum absolute atomic E-state index is 12.8. The summed E-state index contributed by atoms with van der Waals surface area (Å²) >= 11 is 0. The Labute approximate surface area is 289 Å². The molecule has 2 aliphatic heterocycles. The van der Waals surface area contributed by atoms with Crippen LogP contribution in [-0.2, 0) is 28.5 Å². The van der Waals surface area contributed by atoms with Gasteiger partial charge in [-0.2, -0.15) is 0 Å². The first-order chi connectivity index (χ1) is 23.2. The fourth-order valence-corrected chi connectivity index (χ4v) is 12.4. The van der Waals surface area contributed by atoms with Crippen LogP contribution in [0.15, 0.2) is 11.6 Å². The van der Waals surface area contributed by atoms with Crippen LogP contribution >= 0.6 is 0 Å². The van der Waals surface area contributed by atoms with Gasteiger partial charge < -0.3 is 44.5 Å². The summed E-state index contributed by atoms with van der Waals surface area (Å²) in [5.74, 6) is 0.606. The molecular weight excluding hydrogens is 632 g/mol. The van der Waals surface area contributed by atoms with Crippen molar-refractivity contribution in [3.8, 4) is 0 Å². The number of carbonyl (C=O) groups is 2. The standard InChI is InChI=1S/C38H58O11/c1-19-7-13-38(35(44)45)14-9-24-22(25(38)15-19)5-6-29-36(3)12-10-27(20(2)23(36)8-11-37(24,29)4)48-30-17-21(16-28(49-30)33(42)43)47-34-32(41)31(40)26(39)18-46-34/h5,19-21,23-32,34,39-41H,6-18H2,1-4H3,(H,42,43)(H,44,45)/t19-,20+,21-,23?,24?,25-,26+,27-,28-,29?,30+,31-,32+,34-,36-,37-,38-/m0/s1. The van der Waals surface area contributed by atoms with E-state index in [9.17, 15) is 35.1 Å². The van der Waals surface area contributed by atoms with Gasteiger partial charge >= 0.3 is 11.9 Å². The minimum atomic E-state index is -1.47. The van der Waals surface area contributed by atoms with Gasteiger partial charge in [-0.3, -0.25) is 4.79 Å². The molecule has 0 bridgehead atoms. The van der Waals surface area contributed by atoms with Crippen LogP contribution in [0, 0.1) is 51.8 Å². The van der Waals surface area contributed by atoms with E-state index in [0.29, 0.717) is 23.7 Å². The van der Waals surface area contributed by atoms with Gasteiger partial charge in [-0.15, -0.1) is 0 Å². The van der Waals surface area contributed by atoms with Crippen molar-refractivity contribution < 1.29 is 54.1 Å². The lowest BCUT2D eigenvalue weighted by Gasteiger charge is -2.66. The fraction of sp³-hybridized carbons (Fsp3) is 0.895. The van der Waals surface area contributed by atoms with Gasteiger partial charge in [0.2, 0.25) is 0 Å². The lowest BCUT2D eigenvalue weighted by molar-refractivity contribution is -0.309. The molecule has 11 nitrogen and oxygen atoms in total. The van der Waals surface area contributed by atoms with E-state index in [-0.39, 0.29) is 48.2 Å². The number of aliphatic carboxylic acids is 2. The summed E-state index contributed by atoms with van der Waals surface area (Å²) in [7, 11) is 0. The highest BCUT2D eigenvalue weighted by Gasteiger charge is 2.64. The van der Waals surface area contributed by atoms with Crippen molar-refractivity contribution in [2.45, 2.75) is 154 Å². The lowest BCUT2D eigenvalue weighted by atomic mass is 9.38. The molecule has 0 amide bonds. The molecule has 5 aliphatic carbocycles. The Morgan fingerprint density at radius 1 is 0.857 bits per heavy atom. The Morgan fingerprint density at radius 2 is 1.59 bits per heavy atom. The summed E-state index contributed by atoms with van der Waals surface area (Å²) in [6.07, 6.45) is 4.34. The summed E-state index contributed by atoms with van der Waals surface area (Å²) in [6, 6.07) is 0. The van der Waals surface area contributed by atoms with Crippen LogP contribution in [0.2, 0.25) is 0 Å². The van der Waals surface area contributed by atoms with Crippen molar-refractivity contribution in [3.63, 3.8) is 0 Å². The van der Waals surface area contributed by atoms with Crippen molar-refractivity contribution in [1.29, 1.82) is 0 Å². The van der Waals surface area contributed by atoms with Crippen LogP contribution in [-0.4, -0.2) is 93.3 Å². The second kappa shape index (κ2) is 13.1. The first-order valence-corrected chi connectivity index (χ1v) is 19.0. The molecular formula is C38H58O11. The van der Waals surface area contributed by atoms with Crippen molar-refractivity contribution in [2.24, 2.45) is 51.8 Å². The molecule has 0 radical (unpaired) electrons. The van der Waals surface area contributed by atoms with E-state index >= 15 is 0 Å².